The third kappa shape index (κ3) is 18.5. The largest absolute Gasteiger partial charge is 2.00 e. The van der Waals surface area contributed by atoms with Gasteiger partial charge in [0.15, 0.2) is 0 Å². The standard InChI is InChI=1S/2C12H8N4O.2C6H6O3S.Co.6H2O/c2*1-5-13-6-2-9(1)11-15-16-12(17-11)10-3-7-14-8-4-10;2*7-10(8,9)6-4-2-1-3-5-6;;;;;;;/h2*1-8H;2*1-5H,(H,7,8,9);;6*1H2/q;;;;+2;;;;;;/p+2. The third-order valence-electron chi connectivity index (χ3n) is 6.62. The van der Waals surface area contributed by atoms with Crippen molar-refractivity contribution in [1.82, 2.24) is 40.3 Å². The van der Waals surface area contributed by atoms with Crippen LogP contribution in [0.5, 0.6) is 0 Å². The number of pyridine rings is 4. The van der Waals surface area contributed by atoms with Gasteiger partial charge in [0, 0.05) is 71.8 Å². The zero-order chi connectivity index (χ0) is 38.2. The van der Waals surface area contributed by atoms with E-state index in [-0.39, 0.29) is 59.4 Å². The minimum absolute atomic E-state index is 0. The molecule has 2 aromatic carbocycles. The summed E-state index contributed by atoms with van der Waals surface area (Å²) in [4.78, 5) is 15.4. The second kappa shape index (κ2) is 28.8. The van der Waals surface area contributed by atoms with Crippen molar-refractivity contribution in [3.63, 3.8) is 0 Å². The van der Waals surface area contributed by atoms with Gasteiger partial charge in [0.2, 0.25) is 23.6 Å². The van der Waals surface area contributed by atoms with Crippen molar-refractivity contribution >= 4 is 20.2 Å². The molecule has 16 N–H and O–H groups in total. The molecule has 0 aliphatic carbocycles. The average molecular weight is 934 g/mol. The summed E-state index contributed by atoms with van der Waals surface area (Å²) in [6, 6.07) is 29.0. The van der Waals surface area contributed by atoms with Crippen molar-refractivity contribution in [3.8, 4) is 45.8 Å². The first-order valence-corrected chi connectivity index (χ1v) is 18.2. The Labute approximate surface area is 358 Å². The Bertz CT molecular complexity index is 2270. The van der Waals surface area contributed by atoms with Crippen molar-refractivity contribution < 1.29 is 84.4 Å². The molecule has 0 amide bonds. The van der Waals surface area contributed by atoms with Crippen molar-refractivity contribution in [2.45, 2.75) is 9.79 Å². The number of rotatable bonds is 6. The van der Waals surface area contributed by atoms with Crippen molar-refractivity contribution in [1.29, 1.82) is 0 Å². The van der Waals surface area contributed by atoms with Gasteiger partial charge in [0.1, 0.15) is 20.2 Å². The second-order valence-corrected chi connectivity index (χ2v) is 13.1. The predicted molar refractivity (Wildman–Crippen MR) is 217 cm³/mol. The molecule has 0 saturated carbocycles. The molecule has 8 rings (SSSR count). The molecule has 8 aromatic rings. The summed E-state index contributed by atoms with van der Waals surface area (Å²) in [5.41, 5.74) is 3.42. The van der Waals surface area contributed by atoms with Gasteiger partial charge in [-0.25, -0.2) is 16.8 Å². The Morgan fingerprint density at radius 3 is 0.721 bits per heavy atom. The molecular formula is C36H42CoN8O14S2+4. The topological polar surface area (TPSA) is 439 Å². The number of hydrogen-bond donors (Lipinski definition) is 0. The van der Waals surface area contributed by atoms with Crippen LogP contribution in [0.3, 0.4) is 0 Å². The molecule has 0 saturated heterocycles. The molecule has 0 atom stereocenters. The number of aromatic nitrogens is 8. The molecule has 0 fully saturated rings. The molecule has 6 heterocycles. The van der Waals surface area contributed by atoms with Crippen LogP contribution in [0.1, 0.15) is 0 Å². The van der Waals surface area contributed by atoms with Gasteiger partial charge in [0.25, 0.3) is 0 Å². The number of benzene rings is 2. The first kappa shape index (κ1) is 58.7. The van der Waals surface area contributed by atoms with Crippen LogP contribution in [0.25, 0.3) is 45.8 Å². The van der Waals surface area contributed by atoms with E-state index in [0.29, 0.717) is 23.6 Å². The summed E-state index contributed by atoms with van der Waals surface area (Å²) in [6.07, 6.45) is 13.5. The van der Waals surface area contributed by atoms with Crippen LogP contribution in [0.15, 0.2) is 177 Å². The van der Waals surface area contributed by atoms with Gasteiger partial charge in [-0.1, -0.05) is 36.4 Å². The summed E-state index contributed by atoms with van der Waals surface area (Å²) in [5, 5.41) is 16.0. The quantitative estimate of drug-likeness (QED) is 0.159. The fourth-order valence-electron chi connectivity index (χ4n) is 4.07. The Morgan fingerprint density at radius 1 is 0.361 bits per heavy atom. The van der Waals surface area contributed by atoms with Crippen LogP contribution in [0.2, 0.25) is 0 Å². The first-order chi connectivity index (χ1) is 26.1. The molecule has 25 heteroatoms. The van der Waals surface area contributed by atoms with Gasteiger partial charge >= 0.3 is 16.8 Å². The fourth-order valence-corrected chi connectivity index (χ4v) is 5.05. The minimum atomic E-state index is -4.25. The zero-order valence-corrected chi connectivity index (χ0v) is 34.0. The van der Waals surface area contributed by atoms with Crippen LogP contribution in [-0.2, 0) is 58.9 Å². The van der Waals surface area contributed by atoms with Crippen molar-refractivity contribution in [3.05, 3.63) is 159 Å². The number of hydrogen-bond acceptors (Lipinski definition) is 16. The molecule has 0 spiro atoms. The SMILES string of the molecule is O.O.O=S(=O)([O-])c1ccccc1.O=S(=O)([O-])c1ccccc1.[Co+2].[OH3+].[OH3+].[OH3+].[OH3+].c1cc(-c2nnc(-c3ccncc3)o2)ccn1.c1cc(-c2nnc(-c3ccncc3)o2)ccn1. The van der Waals surface area contributed by atoms with E-state index in [1.165, 1.54) is 48.5 Å². The normalized spacial score (nSPS) is 9.48. The molecule has 22 nitrogen and oxygen atoms in total. The predicted octanol–water partition coefficient (Wildman–Crippen LogP) is 0.229. The molecule has 327 valence electrons. The Hall–Kier alpha value is -6.59. The van der Waals surface area contributed by atoms with Crippen LogP contribution in [0.4, 0.5) is 0 Å². The minimum Gasteiger partial charge on any atom is -0.744 e. The molecule has 0 aliphatic rings. The monoisotopic (exact) mass is 933 g/mol. The summed E-state index contributed by atoms with van der Waals surface area (Å²) in [6.45, 7) is 0. The van der Waals surface area contributed by atoms with Crippen molar-refractivity contribution in [2.24, 2.45) is 0 Å². The molecule has 0 bridgehead atoms. The summed E-state index contributed by atoms with van der Waals surface area (Å²) < 4.78 is 72.8. The van der Waals surface area contributed by atoms with E-state index in [1.54, 1.807) is 61.7 Å². The summed E-state index contributed by atoms with van der Waals surface area (Å²) in [7, 11) is -8.51. The Morgan fingerprint density at radius 2 is 0.557 bits per heavy atom. The second-order valence-electron chi connectivity index (χ2n) is 10.3. The Kier molecular flexibility index (Phi) is 27.7. The van der Waals surface area contributed by atoms with Crippen LogP contribution >= 0.6 is 0 Å². The third-order valence-corrected chi connectivity index (χ3v) is 8.32. The van der Waals surface area contributed by atoms with Crippen molar-refractivity contribution in [2.75, 3.05) is 0 Å². The van der Waals surface area contributed by atoms with Gasteiger partial charge in [0.05, 0.1) is 9.79 Å². The number of nitrogens with zero attached hydrogens (tertiary/aromatic N) is 8. The molecule has 0 aliphatic heterocycles. The van der Waals surface area contributed by atoms with Crippen LogP contribution in [0, 0.1) is 0 Å². The van der Waals surface area contributed by atoms with E-state index in [2.05, 4.69) is 40.3 Å². The van der Waals surface area contributed by atoms with E-state index in [0.717, 1.165) is 22.3 Å². The molecule has 1 radical (unpaired) electrons. The van der Waals surface area contributed by atoms with E-state index in [1.807, 2.05) is 48.5 Å². The maximum atomic E-state index is 10.3. The van der Waals surface area contributed by atoms with E-state index in [4.69, 9.17) is 8.83 Å². The maximum Gasteiger partial charge on any atom is 2.00 e. The van der Waals surface area contributed by atoms with Gasteiger partial charge < -0.3 is 50.8 Å². The summed E-state index contributed by atoms with van der Waals surface area (Å²) >= 11 is 0. The average Bonchev–Trinajstić information content (AvgIpc) is 3.92. The molecule has 61 heavy (non-hydrogen) atoms. The van der Waals surface area contributed by atoms with Gasteiger partial charge in [-0.2, -0.15) is 0 Å². The van der Waals surface area contributed by atoms with Gasteiger partial charge in [-0.15, -0.1) is 20.4 Å². The van der Waals surface area contributed by atoms with Crippen LogP contribution < -0.4 is 0 Å². The van der Waals surface area contributed by atoms with Gasteiger partial charge in [-0.05, 0) is 72.8 Å². The zero-order valence-electron chi connectivity index (χ0n) is 31.3. The molecule has 0 unspecified atom stereocenters. The smallest absolute Gasteiger partial charge is 0.744 e. The summed E-state index contributed by atoms with van der Waals surface area (Å²) in [5.74, 6) is 1.94. The first-order valence-electron chi connectivity index (χ1n) is 15.4. The van der Waals surface area contributed by atoms with E-state index in [9.17, 15) is 25.9 Å². The van der Waals surface area contributed by atoms with E-state index >= 15 is 0 Å². The Balaban J connectivity index is -0.000000728. The van der Waals surface area contributed by atoms with E-state index < -0.39 is 20.2 Å². The maximum absolute atomic E-state index is 10.3. The van der Waals surface area contributed by atoms with Gasteiger partial charge in [-0.3, -0.25) is 19.9 Å². The molecule has 6 aromatic heterocycles. The fraction of sp³-hybridized carbons (Fsp3) is 0. The van der Waals surface area contributed by atoms with Crippen LogP contribution in [-0.4, -0.2) is 77.2 Å². The molecular weight excluding hydrogens is 892 g/mol.